The second kappa shape index (κ2) is 9.88. The molecule has 0 fully saturated rings. The summed E-state index contributed by atoms with van der Waals surface area (Å²) in [6.07, 6.45) is 3.02. The Labute approximate surface area is 167 Å². The number of amides is 2. The molecule has 134 valence electrons. The van der Waals surface area contributed by atoms with E-state index in [1.54, 1.807) is 42.5 Å². The molecule has 0 aliphatic carbocycles. The summed E-state index contributed by atoms with van der Waals surface area (Å²) in [5.41, 5.74) is 3.32. The number of nitrogens with zero attached hydrogens (tertiary/aromatic N) is 1. The van der Waals surface area contributed by atoms with Crippen LogP contribution in [0.4, 0.5) is 5.69 Å². The summed E-state index contributed by atoms with van der Waals surface area (Å²) in [7, 11) is 0. The van der Waals surface area contributed by atoms with E-state index >= 15 is 0 Å². The fourth-order valence-electron chi connectivity index (χ4n) is 1.83. The van der Waals surface area contributed by atoms with Crippen LogP contribution >= 0.6 is 31.9 Å². The normalized spacial score (nSPS) is 10.4. The lowest BCUT2D eigenvalue weighted by Gasteiger charge is -2.07. The van der Waals surface area contributed by atoms with Gasteiger partial charge in [0, 0.05) is 20.2 Å². The van der Waals surface area contributed by atoms with Crippen LogP contribution in [0.15, 0.2) is 69.2 Å². The zero-order chi connectivity index (χ0) is 18.9. The molecule has 0 saturated carbocycles. The molecule has 0 heterocycles. The van der Waals surface area contributed by atoms with Crippen molar-refractivity contribution in [1.82, 2.24) is 5.43 Å². The number of benzene rings is 2. The molecule has 2 N–H and O–H groups in total. The highest BCUT2D eigenvalue weighted by Crippen LogP contribution is 2.21. The van der Waals surface area contributed by atoms with Gasteiger partial charge in [0.1, 0.15) is 12.4 Å². The van der Waals surface area contributed by atoms with Crippen molar-refractivity contribution in [3.05, 3.63) is 69.6 Å². The number of ether oxygens (including phenoxy) is 1. The second-order valence-electron chi connectivity index (χ2n) is 4.94. The molecule has 0 radical (unpaired) electrons. The van der Waals surface area contributed by atoms with Gasteiger partial charge in [-0.3, -0.25) is 9.59 Å². The maximum absolute atomic E-state index is 11.9. The minimum atomic E-state index is -0.882. The molecular formula is C18H15Br2N3O3. The Morgan fingerprint density at radius 2 is 1.77 bits per heavy atom. The minimum absolute atomic E-state index is 0.338. The molecule has 26 heavy (non-hydrogen) atoms. The molecule has 0 aliphatic rings. The van der Waals surface area contributed by atoms with E-state index in [1.165, 1.54) is 6.21 Å². The molecule has 2 rings (SSSR count). The van der Waals surface area contributed by atoms with Gasteiger partial charge >= 0.3 is 11.8 Å². The van der Waals surface area contributed by atoms with E-state index in [4.69, 9.17) is 4.74 Å². The number of rotatable bonds is 6. The first-order chi connectivity index (χ1) is 12.5. The first-order valence-electron chi connectivity index (χ1n) is 7.43. The van der Waals surface area contributed by atoms with Crippen LogP contribution < -0.4 is 15.5 Å². The predicted octanol–water partition coefficient (Wildman–Crippen LogP) is 3.87. The number of carbonyl (C=O) groups is 2. The number of halogens is 2. The first-order valence-corrected chi connectivity index (χ1v) is 9.01. The van der Waals surface area contributed by atoms with E-state index in [0.29, 0.717) is 23.6 Å². The Bertz CT molecular complexity index is 836. The second-order valence-corrected chi connectivity index (χ2v) is 6.77. The Morgan fingerprint density at radius 3 is 2.46 bits per heavy atom. The topological polar surface area (TPSA) is 79.8 Å². The number of carbonyl (C=O) groups excluding carboxylic acids is 2. The highest BCUT2D eigenvalue weighted by molar-refractivity contribution is 9.10. The molecule has 2 aromatic carbocycles. The Kier molecular flexibility index (Phi) is 7.55. The van der Waals surface area contributed by atoms with Crippen LogP contribution in [-0.2, 0) is 9.59 Å². The van der Waals surface area contributed by atoms with Gasteiger partial charge in [-0.05, 0) is 42.5 Å². The van der Waals surface area contributed by atoms with Crippen molar-refractivity contribution in [2.45, 2.75) is 0 Å². The zero-order valence-electron chi connectivity index (χ0n) is 13.5. The molecule has 0 unspecified atom stereocenters. The predicted molar refractivity (Wildman–Crippen MR) is 108 cm³/mol. The van der Waals surface area contributed by atoms with E-state index < -0.39 is 11.8 Å². The summed E-state index contributed by atoms with van der Waals surface area (Å²) in [4.78, 5) is 23.7. The Morgan fingerprint density at radius 1 is 1.08 bits per heavy atom. The monoisotopic (exact) mass is 479 g/mol. The van der Waals surface area contributed by atoms with Gasteiger partial charge in [-0.15, -0.1) is 0 Å². The van der Waals surface area contributed by atoms with Crippen molar-refractivity contribution in [2.75, 3.05) is 11.9 Å². The van der Waals surface area contributed by atoms with Crippen LogP contribution in [0.5, 0.6) is 5.75 Å². The van der Waals surface area contributed by atoms with Crippen LogP contribution in [0.3, 0.4) is 0 Å². The van der Waals surface area contributed by atoms with Gasteiger partial charge in [0.05, 0.1) is 6.21 Å². The van der Waals surface area contributed by atoms with E-state index in [-0.39, 0.29) is 0 Å². The molecule has 0 atom stereocenters. The summed E-state index contributed by atoms with van der Waals surface area (Å²) in [6.45, 7) is 3.93. The van der Waals surface area contributed by atoms with E-state index in [2.05, 4.69) is 54.3 Å². The van der Waals surface area contributed by atoms with E-state index in [1.807, 2.05) is 6.07 Å². The highest BCUT2D eigenvalue weighted by atomic mass is 79.9. The Balaban J connectivity index is 1.97. The van der Waals surface area contributed by atoms with Gasteiger partial charge in [-0.25, -0.2) is 5.43 Å². The average molecular weight is 481 g/mol. The van der Waals surface area contributed by atoms with Crippen molar-refractivity contribution in [3.8, 4) is 5.75 Å². The average Bonchev–Trinajstić information content (AvgIpc) is 2.62. The molecule has 8 heteroatoms. The summed E-state index contributed by atoms with van der Waals surface area (Å²) in [6, 6.07) is 12.2. The quantitative estimate of drug-likeness (QED) is 0.285. The maximum atomic E-state index is 11.9. The number of nitrogens with one attached hydrogen (secondary N) is 2. The van der Waals surface area contributed by atoms with Gasteiger partial charge in [0.2, 0.25) is 0 Å². The largest absolute Gasteiger partial charge is 0.489 e. The van der Waals surface area contributed by atoms with Crippen molar-refractivity contribution < 1.29 is 14.3 Å². The van der Waals surface area contributed by atoms with Crippen molar-refractivity contribution in [1.29, 1.82) is 0 Å². The van der Waals surface area contributed by atoms with Crippen molar-refractivity contribution >= 4 is 55.6 Å². The van der Waals surface area contributed by atoms with Gasteiger partial charge in [-0.1, -0.05) is 44.5 Å². The molecule has 0 bridgehead atoms. The standard InChI is InChI=1S/C18H15Br2N3O3/c1-2-9-26-16-8-5-14(20)10-12(16)11-21-23-18(25)17(24)22-15-6-3-13(19)4-7-15/h2-8,10-11H,1,9H2,(H,22,24)(H,23,25). The lowest BCUT2D eigenvalue weighted by molar-refractivity contribution is -0.136. The van der Waals surface area contributed by atoms with Crippen molar-refractivity contribution in [3.63, 3.8) is 0 Å². The zero-order valence-corrected chi connectivity index (χ0v) is 16.7. The van der Waals surface area contributed by atoms with Crippen LogP contribution in [0.1, 0.15) is 5.56 Å². The fraction of sp³-hybridized carbons (Fsp3) is 0.0556. The SMILES string of the molecule is C=CCOc1ccc(Br)cc1C=NNC(=O)C(=O)Nc1ccc(Br)cc1. The Hall–Kier alpha value is -2.45. The molecule has 6 nitrogen and oxygen atoms in total. The summed E-state index contributed by atoms with van der Waals surface area (Å²) in [5, 5.41) is 6.29. The van der Waals surface area contributed by atoms with Gasteiger partial charge in [-0.2, -0.15) is 5.10 Å². The molecule has 0 aromatic heterocycles. The lowest BCUT2D eigenvalue weighted by Crippen LogP contribution is -2.32. The first kappa shape index (κ1) is 19.9. The lowest BCUT2D eigenvalue weighted by atomic mass is 10.2. The van der Waals surface area contributed by atoms with Gasteiger partial charge in [0.25, 0.3) is 0 Å². The summed E-state index contributed by atoms with van der Waals surface area (Å²) in [5.74, 6) is -1.13. The highest BCUT2D eigenvalue weighted by Gasteiger charge is 2.12. The number of anilines is 1. The third-order valence-electron chi connectivity index (χ3n) is 3.01. The third-order valence-corrected chi connectivity index (χ3v) is 4.03. The summed E-state index contributed by atoms with van der Waals surface area (Å²) < 4.78 is 7.20. The minimum Gasteiger partial charge on any atom is -0.489 e. The van der Waals surface area contributed by atoms with Crippen LogP contribution in [-0.4, -0.2) is 24.6 Å². The number of hydrogen-bond acceptors (Lipinski definition) is 4. The number of hydrogen-bond donors (Lipinski definition) is 2. The number of hydrazone groups is 1. The molecule has 0 spiro atoms. The van der Waals surface area contributed by atoms with Crippen LogP contribution in [0.2, 0.25) is 0 Å². The molecule has 0 aliphatic heterocycles. The third kappa shape index (κ3) is 6.12. The summed E-state index contributed by atoms with van der Waals surface area (Å²) >= 11 is 6.65. The maximum Gasteiger partial charge on any atom is 0.329 e. The van der Waals surface area contributed by atoms with Crippen LogP contribution in [0, 0.1) is 0 Å². The molecule has 0 saturated heterocycles. The van der Waals surface area contributed by atoms with Crippen molar-refractivity contribution in [2.24, 2.45) is 5.10 Å². The molecule has 2 aromatic rings. The molecule has 2 amide bonds. The fourth-order valence-corrected chi connectivity index (χ4v) is 2.48. The van der Waals surface area contributed by atoms with Gasteiger partial charge in [0.15, 0.2) is 0 Å². The molecular weight excluding hydrogens is 466 g/mol. The smallest absolute Gasteiger partial charge is 0.329 e. The van der Waals surface area contributed by atoms with E-state index in [9.17, 15) is 9.59 Å². The van der Waals surface area contributed by atoms with Crippen LogP contribution in [0.25, 0.3) is 0 Å². The van der Waals surface area contributed by atoms with E-state index in [0.717, 1.165) is 8.95 Å². The van der Waals surface area contributed by atoms with Gasteiger partial charge < -0.3 is 10.1 Å².